The summed E-state index contributed by atoms with van der Waals surface area (Å²) in [6.45, 7) is 2.61. The molecule has 1 fully saturated rings. The number of cyclic esters (lactones) is 1. The molecule has 0 aliphatic carbocycles. The predicted octanol–water partition coefficient (Wildman–Crippen LogP) is 1.89. The molecule has 0 saturated carbocycles. The normalized spacial score (nSPS) is 23.9. The average molecular weight is 238 g/mol. The standard InChI is InChI=1S/C12H15FN2O2/c1-12(5-6-14)8-17-11(16)15(12)10-4-2-3-9(13)7-10/h2-4,7H,5-6,8,14H2,1H3. The van der Waals surface area contributed by atoms with Crippen LogP contribution in [0.4, 0.5) is 14.9 Å². The Hall–Kier alpha value is -1.62. The average Bonchev–Trinajstić information content (AvgIpc) is 2.55. The fraction of sp³-hybridized carbons (Fsp3) is 0.417. The zero-order valence-corrected chi connectivity index (χ0v) is 9.65. The summed E-state index contributed by atoms with van der Waals surface area (Å²) in [6.07, 6.45) is 0.154. The Balaban J connectivity index is 2.37. The van der Waals surface area contributed by atoms with Crippen molar-refractivity contribution in [2.24, 2.45) is 5.73 Å². The number of carbonyl (C=O) groups is 1. The number of nitrogens with two attached hydrogens (primary N) is 1. The molecular weight excluding hydrogens is 223 g/mol. The van der Waals surface area contributed by atoms with Crippen LogP contribution < -0.4 is 10.6 Å². The summed E-state index contributed by atoms with van der Waals surface area (Å²) in [7, 11) is 0. The number of halogens is 1. The molecule has 0 radical (unpaired) electrons. The van der Waals surface area contributed by atoms with Gasteiger partial charge in [0.15, 0.2) is 0 Å². The molecule has 17 heavy (non-hydrogen) atoms. The summed E-state index contributed by atoms with van der Waals surface area (Å²) in [5.41, 5.74) is 5.54. The largest absolute Gasteiger partial charge is 0.447 e. The maximum absolute atomic E-state index is 13.2. The van der Waals surface area contributed by atoms with E-state index in [0.29, 0.717) is 18.7 Å². The minimum atomic E-state index is -0.500. The molecule has 1 saturated heterocycles. The third-order valence-corrected chi connectivity index (χ3v) is 2.98. The second kappa shape index (κ2) is 4.33. The molecule has 1 amide bonds. The molecule has 5 heteroatoms. The van der Waals surface area contributed by atoms with E-state index >= 15 is 0 Å². The zero-order valence-electron chi connectivity index (χ0n) is 9.65. The molecule has 0 spiro atoms. The second-order valence-electron chi connectivity index (χ2n) is 4.41. The van der Waals surface area contributed by atoms with Gasteiger partial charge in [-0.1, -0.05) is 6.07 Å². The van der Waals surface area contributed by atoms with Crippen molar-refractivity contribution >= 4 is 11.8 Å². The van der Waals surface area contributed by atoms with Crippen molar-refractivity contribution in [3.8, 4) is 0 Å². The third-order valence-electron chi connectivity index (χ3n) is 2.98. The number of carbonyl (C=O) groups excluding carboxylic acids is 1. The molecule has 1 aromatic rings. The first-order chi connectivity index (χ1) is 8.07. The highest BCUT2D eigenvalue weighted by Gasteiger charge is 2.44. The number of hydrogen-bond acceptors (Lipinski definition) is 3. The van der Waals surface area contributed by atoms with Crippen LogP contribution in [-0.4, -0.2) is 24.8 Å². The fourth-order valence-corrected chi connectivity index (χ4v) is 2.09. The van der Waals surface area contributed by atoms with E-state index in [1.54, 1.807) is 12.1 Å². The van der Waals surface area contributed by atoms with E-state index in [-0.39, 0.29) is 12.4 Å². The molecule has 4 nitrogen and oxygen atoms in total. The van der Waals surface area contributed by atoms with Gasteiger partial charge in [-0.3, -0.25) is 4.90 Å². The summed E-state index contributed by atoms with van der Waals surface area (Å²) < 4.78 is 18.2. The molecule has 2 N–H and O–H groups in total. The smallest absolute Gasteiger partial charge is 0.415 e. The van der Waals surface area contributed by atoms with Crippen LogP contribution in [0.5, 0.6) is 0 Å². The van der Waals surface area contributed by atoms with Crippen molar-refractivity contribution in [1.29, 1.82) is 0 Å². The number of benzene rings is 1. The zero-order chi connectivity index (χ0) is 12.5. The number of rotatable bonds is 3. The molecule has 1 atom stereocenters. The summed E-state index contributed by atoms with van der Waals surface area (Å²) in [5, 5.41) is 0. The minimum absolute atomic E-state index is 0.277. The van der Waals surface area contributed by atoms with Crippen molar-refractivity contribution in [1.82, 2.24) is 0 Å². The van der Waals surface area contributed by atoms with Crippen molar-refractivity contribution in [3.63, 3.8) is 0 Å². The van der Waals surface area contributed by atoms with Gasteiger partial charge in [-0.25, -0.2) is 9.18 Å². The summed E-state index contributed by atoms with van der Waals surface area (Å²) in [4.78, 5) is 13.2. The van der Waals surface area contributed by atoms with Crippen LogP contribution in [-0.2, 0) is 4.74 Å². The molecule has 0 aromatic heterocycles. The van der Waals surface area contributed by atoms with Gasteiger partial charge in [0.25, 0.3) is 0 Å². The second-order valence-corrected chi connectivity index (χ2v) is 4.41. The highest BCUT2D eigenvalue weighted by Crippen LogP contribution is 2.32. The molecule has 1 heterocycles. The molecule has 2 rings (SSSR count). The minimum Gasteiger partial charge on any atom is -0.447 e. The van der Waals surface area contributed by atoms with Gasteiger partial charge in [0.1, 0.15) is 12.4 Å². The third kappa shape index (κ3) is 2.10. The van der Waals surface area contributed by atoms with Crippen LogP contribution in [0.2, 0.25) is 0 Å². The van der Waals surface area contributed by atoms with Gasteiger partial charge < -0.3 is 10.5 Å². The van der Waals surface area contributed by atoms with Gasteiger partial charge in [0.05, 0.1) is 11.2 Å². The molecule has 1 unspecified atom stereocenters. The van der Waals surface area contributed by atoms with Gasteiger partial charge in [0, 0.05) is 0 Å². The van der Waals surface area contributed by atoms with Gasteiger partial charge in [-0.2, -0.15) is 0 Å². The fourth-order valence-electron chi connectivity index (χ4n) is 2.09. The first kappa shape index (κ1) is 11.9. The Bertz CT molecular complexity index is 438. The predicted molar refractivity (Wildman–Crippen MR) is 62.3 cm³/mol. The van der Waals surface area contributed by atoms with E-state index in [1.165, 1.54) is 17.0 Å². The SMILES string of the molecule is CC1(CCN)COC(=O)N1c1cccc(F)c1. The lowest BCUT2D eigenvalue weighted by Crippen LogP contribution is -2.46. The quantitative estimate of drug-likeness (QED) is 0.874. The number of amides is 1. The molecule has 92 valence electrons. The molecule has 1 aliphatic heterocycles. The van der Waals surface area contributed by atoms with Gasteiger partial charge in [0.2, 0.25) is 0 Å². The Morgan fingerprint density at radius 2 is 2.35 bits per heavy atom. The van der Waals surface area contributed by atoms with Gasteiger partial charge in [-0.05, 0) is 38.1 Å². The Morgan fingerprint density at radius 1 is 1.59 bits per heavy atom. The topological polar surface area (TPSA) is 55.6 Å². The Kier molecular flexibility index (Phi) is 3.02. The summed E-state index contributed by atoms with van der Waals surface area (Å²) >= 11 is 0. The molecule has 1 aromatic carbocycles. The van der Waals surface area contributed by atoms with Crippen LogP contribution in [0.3, 0.4) is 0 Å². The monoisotopic (exact) mass is 238 g/mol. The number of nitrogens with zero attached hydrogens (tertiary/aromatic N) is 1. The Morgan fingerprint density at radius 3 is 3.00 bits per heavy atom. The first-order valence-electron chi connectivity index (χ1n) is 5.49. The molecule has 0 bridgehead atoms. The summed E-state index contributed by atoms with van der Waals surface area (Å²) in [5.74, 6) is -0.378. The van der Waals surface area contributed by atoms with Gasteiger partial charge in [-0.15, -0.1) is 0 Å². The van der Waals surface area contributed by atoms with Gasteiger partial charge >= 0.3 is 6.09 Å². The van der Waals surface area contributed by atoms with Crippen LogP contribution >= 0.6 is 0 Å². The van der Waals surface area contributed by atoms with Crippen molar-refractivity contribution < 1.29 is 13.9 Å². The van der Waals surface area contributed by atoms with Crippen molar-refractivity contribution in [2.75, 3.05) is 18.1 Å². The Labute approximate surface area is 99.2 Å². The van der Waals surface area contributed by atoms with Crippen molar-refractivity contribution in [2.45, 2.75) is 18.9 Å². The van der Waals surface area contributed by atoms with E-state index in [9.17, 15) is 9.18 Å². The first-order valence-corrected chi connectivity index (χ1v) is 5.49. The van der Waals surface area contributed by atoms with E-state index in [2.05, 4.69) is 0 Å². The highest BCUT2D eigenvalue weighted by atomic mass is 19.1. The maximum atomic E-state index is 13.2. The number of hydrogen-bond donors (Lipinski definition) is 1. The lowest BCUT2D eigenvalue weighted by atomic mass is 9.97. The van der Waals surface area contributed by atoms with Crippen molar-refractivity contribution in [3.05, 3.63) is 30.1 Å². The molecule has 1 aliphatic rings. The highest BCUT2D eigenvalue weighted by molar-refractivity contribution is 5.91. The van der Waals surface area contributed by atoms with Crippen LogP contribution in [0.1, 0.15) is 13.3 Å². The van der Waals surface area contributed by atoms with E-state index in [1.807, 2.05) is 6.92 Å². The number of ether oxygens (including phenoxy) is 1. The maximum Gasteiger partial charge on any atom is 0.415 e. The van der Waals surface area contributed by atoms with Crippen LogP contribution in [0.25, 0.3) is 0 Å². The lowest BCUT2D eigenvalue weighted by Gasteiger charge is -2.31. The molecular formula is C12H15FN2O2. The summed E-state index contributed by atoms with van der Waals surface area (Å²) in [6, 6.07) is 5.91. The van der Waals surface area contributed by atoms with E-state index < -0.39 is 11.6 Å². The van der Waals surface area contributed by atoms with E-state index in [0.717, 1.165) is 0 Å². The van der Waals surface area contributed by atoms with Crippen LogP contribution in [0.15, 0.2) is 24.3 Å². The number of anilines is 1. The van der Waals surface area contributed by atoms with E-state index in [4.69, 9.17) is 10.5 Å². The van der Waals surface area contributed by atoms with Crippen LogP contribution in [0, 0.1) is 5.82 Å². The lowest BCUT2D eigenvalue weighted by molar-refractivity contribution is 0.173.